The van der Waals surface area contributed by atoms with Crippen molar-refractivity contribution < 1.29 is 4.79 Å². The lowest BCUT2D eigenvalue weighted by Gasteiger charge is -2.18. The van der Waals surface area contributed by atoms with Crippen molar-refractivity contribution in [3.05, 3.63) is 23.9 Å². The summed E-state index contributed by atoms with van der Waals surface area (Å²) in [6, 6.07) is 3.93. The molecule has 0 aromatic carbocycles. The van der Waals surface area contributed by atoms with Crippen LogP contribution in [0.25, 0.3) is 0 Å². The number of likely N-dealkylation sites (tertiary alicyclic amines) is 1. The molecule has 1 fully saturated rings. The molecule has 2 rings (SSSR count). The van der Waals surface area contributed by atoms with Crippen molar-refractivity contribution in [1.82, 2.24) is 9.88 Å². The van der Waals surface area contributed by atoms with E-state index in [1.165, 1.54) is 0 Å². The van der Waals surface area contributed by atoms with Crippen LogP contribution in [0, 0.1) is 0 Å². The Morgan fingerprint density at radius 2 is 2.12 bits per heavy atom. The predicted octanol–water partition coefficient (Wildman–Crippen LogP) is 2.14. The maximum atomic E-state index is 12.3. The summed E-state index contributed by atoms with van der Waals surface area (Å²) < 4.78 is 0. The van der Waals surface area contributed by atoms with Gasteiger partial charge < -0.3 is 10.2 Å². The van der Waals surface area contributed by atoms with Crippen molar-refractivity contribution in [2.24, 2.45) is 0 Å². The van der Waals surface area contributed by atoms with Crippen LogP contribution in [0.5, 0.6) is 0 Å². The lowest BCUT2D eigenvalue weighted by molar-refractivity contribution is 0.0793. The Morgan fingerprint density at radius 1 is 1.41 bits per heavy atom. The number of anilines is 1. The summed E-state index contributed by atoms with van der Waals surface area (Å²) in [7, 11) is 0. The van der Waals surface area contributed by atoms with Crippen LogP contribution in [0.4, 0.5) is 5.82 Å². The number of carbonyl (C=O) groups is 1. The fraction of sp³-hybridized carbons (Fsp3) is 0.538. The zero-order chi connectivity index (χ0) is 12.3. The van der Waals surface area contributed by atoms with Crippen LogP contribution in [-0.2, 0) is 0 Å². The van der Waals surface area contributed by atoms with E-state index < -0.39 is 0 Å². The van der Waals surface area contributed by atoms with E-state index in [4.69, 9.17) is 0 Å². The van der Waals surface area contributed by atoms with Gasteiger partial charge in [-0.2, -0.15) is 0 Å². The third-order valence-corrected chi connectivity index (χ3v) is 2.86. The Morgan fingerprint density at radius 3 is 2.76 bits per heavy atom. The predicted molar refractivity (Wildman–Crippen MR) is 68.1 cm³/mol. The molecule has 4 heteroatoms. The van der Waals surface area contributed by atoms with Gasteiger partial charge in [-0.25, -0.2) is 4.98 Å². The fourth-order valence-electron chi connectivity index (χ4n) is 2.06. The SMILES string of the molecule is CC(C)Nc1ncccc1C(=O)N1CCCC1. The van der Waals surface area contributed by atoms with Crippen molar-refractivity contribution in [1.29, 1.82) is 0 Å². The first-order chi connectivity index (χ1) is 8.18. The number of nitrogens with zero attached hydrogens (tertiary/aromatic N) is 2. The molecule has 0 atom stereocenters. The largest absolute Gasteiger partial charge is 0.367 e. The van der Waals surface area contributed by atoms with Crippen LogP contribution < -0.4 is 5.32 Å². The van der Waals surface area contributed by atoms with Gasteiger partial charge in [0.2, 0.25) is 0 Å². The molecule has 1 aromatic heterocycles. The average Bonchev–Trinajstić information content (AvgIpc) is 2.81. The van der Waals surface area contributed by atoms with E-state index in [1.54, 1.807) is 6.20 Å². The first-order valence-electron chi connectivity index (χ1n) is 6.19. The molecule has 1 N–H and O–H groups in total. The summed E-state index contributed by atoms with van der Waals surface area (Å²) >= 11 is 0. The van der Waals surface area contributed by atoms with Crippen molar-refractivity contribution in [3.63, 3.8) is 0 Å². The Balaban J connectivity index is 2.21. The molecule has 2 heterocycles. The molecule has 0 unspecified atom stereocenters. The molecule has 1 saturated heterocycles. The number of nitrogens with one attached hydrogen (secondary N) is 1. The summed E-state index contributed by atoms with van der Waals surface area (Å²) in [5.41, 5.74) is 0.683. The van der Waals surface area contributed by atoms with Gasteiger partial charge in [-0.05, 0) is 38.8 Å². The van der Waals surface area contributed by atoms with E-state index in [9.17, 15) is 4.79 Å². The number of hydrogen-bond donors (Lipinski definition) is 1. The number of pyridine rings is 1. The third-order valence-electron chi connectivity index (χ3n) is 2.86. The van der Waals surface area contributed by atoms with Gasteiger partial charge in [0.05, 0.1) is 5.56 Å². The number of carbonyl (C=O) groups excluding carboxylic acids is 1. The molecular weight excluding hydrogens is 214 g/mol. The molecule has 1 amide bonds. The van der Waals surface area contributed by atoms with Gasteiger partial charge in [-0.1, -0.05) is 0 Å². The first-order valence-corrected chi connectivity index (χ1v) is 6.19. The molecule has 17 heavy (non-hydrogen) atoms. The quantitative estimate of drug-likeness (QED) is 0.870. The second-order valence-electron chi connectivity index (χ2n) is 4.70. The van der Waals surface area contributed by atoms with E-state index in [0.29, 0.717) is 11.4 Å². The lowest BCUT2D eigenvalue weighted by atomic mass is 10.2. The molecule has 92 valence electrons. The molecule has 4 nitrogen and oxygen atoms in total. The number of aromatic nitrogens is 1. The number of hydrogen-bond acceptors (Lipinski definition) is 3. The van der Waals surface area contributed by atoms with Gasteiger partial charge in [-0.3, -0.25) is 4.79 Å². The Kier molecular flexibility index (Phi) is 3.61. The Hall–Kier alpha value is -1.58. The second kappa shape index (κ2) is 5.17. The van der Waals surface area contributed by atoms with Crippen molar-refractivity contribution >= 4 is 11.7 Å². The summed E-state index contributed by atoms with van der Waals surface area (Å²) in [4.78, 5) is 18.5. The van der Waals surface area contributed by atoms with E-state index in [2.05, 4.69) is 10.3 Å². The molecule has 1 aliphatic rings. The van der Waals surface area contributed by atoms with Gasteiger partial charge in [0.15, 0.2) is 0 Å². The van der Waals surface area contributed by atoms with Crippen LogP contribution >= 0.6 is 0 Å². The molecular formula is C13H19N3O. The van der Waals surface area contributed by atoms with E-state index in [0.717, 1.165) is 25.9 Å². The molecule has 0 radical (unpaired) electrons. The van der Waals surface area contributed by atoms with Crippen LogP contribution in [0.2, 0.25) is 0 Å². The molecule has 0 aliphatic carbocycles. The van der Waals surface area contributed by atoms with Crippen LogP contribution in [0.15, 0.2) is 18.3 Å². The molecule has 0 spiro atoms. The van der Waals surface area contributed by atoms with Gasteiger partial charge in [-0.15, -0.1) is 0 Å². The van der Waals surface area contributed by atoms with E-state index >= 15 is 0 Å². The third kappa shape index (κ3) is 2.75. The zero-order valence-corrected chi connectivity index (χ0v) is 10.4. The summed E-state index contributed by atoms with van der Waals surface area (Å²) in [5.74, 6) is 0.790. The van der Waals surface area contributed by atoms with Gasteiger partial charge in [0, 0.05) is 25.3 Å². The highest BCUT2D eigenvalue weighted by atomic mass is 16.2. The van der Waals surface area contributed by atoms with Crippen molar-refractivity contribution in [2.75, 3.05) is 18.4 Å². The van der Waals surface area contributed by atoms with Gasteiger partial charge in [0.1, 0.15) is 5.82 Å². The molecule has 1 aromatic rings. The fourth-order valence-corrected chi connectivity index (χ4v) is 2.06. The van der Waals surface area contributed by atoms with Crippen molar-refractivity contribution in [3.8, 4) is 0 Å². The maximum absolute atomic E-state index is 12.3. The smallest absolute Gasteiger partial charge is 0.257 e. The summed E-state index contributed by atoms with van der Waals surface area (Å²) in [6.07, 6.45) is 3.93. The highest BCUT2D eigenvalue weighted by molar-refractivity contribution is 5.98. The Labute approximate surface area is 102 Å². The minimum Gasteiger partial charge on any atom is -0.367 e. The van der Waals surface area contributed by atoms with Gasteiger partial charge in [0.25, 0.3) is 5.91 Å². The molecule has 0 saturated carbocycles. The number of amides is 1. The highest BCUT2D eigenvalue weighted by Crippen LogP contribution is 2.18. The van der Waals surface area contributed by atoms with Crippen LogP contribution in [0.1, 0.15) is 37.0 Å². The van der Waals surface area contributed by atoms with Crippen LogP contribution in [0.3, 0.4) is 0 Å². The zero-order valence-electron chi connectivity index (χ0n) is 10.4. The lowest BCUT2D eigenvalue weighted by Crippen LogP contribution is -2.29. The topological polar surface area (TPSA) is 45.2 Å². The normalized spacial score (nSPS) is 15.4. The maximum Gasteiger partial charge on any atom is 0.257 e. The first kappa shape index (κ1) is 11.9. The highest BCUT2D eigenvalue weighted by Gasteiger charge is 2.22. The van der Waals surface area contributed by atoms with E-state index in [-0.39, 0.29) is 11.9 Å². The standard InChI is InChI=1S/C13H19N3O/c1-10(2)15-12-11(6-5-7-14-12)13(17)16-8-3-4-9-16/h5-7,10H,3-4,8-9H2,1-2H3,(H,14,15). The molecule has 0 bridgehead atoms. The average molecular weight is 233 g/mol. The van der Waals surface area contributed by atoms with Gasteiger partial charge >= 0.3 is 0 Å². The minimum absolute atomic E-state index is 0.0961. The summed E-state index contributed by atoms with van der Waals surface area (Å²) in [5, 5.41) is 3.22. The van der Waals surface area contributed by atoms with Crippen molar-refractivity contribution in [2.45, 2.75) is 32.7 Å². The minimum atomic E-state index is 0.0961. The molecule has 1 aliphatic heterocycles. The van der Waals surface area contributed by atoms with E-state index in [1.807, 2.05) is 30.9 Å². The Bertz CT molecular complexity index is 397. The van der Waals surface area contributed by atoms with Crippen LogP contribution in [-0.4, -0.2) is 34.9 Å². The second-order valence-corrected chi connectivity index (χ2v) is 4.70. The summed E-state index contributed by atoms with van der Waals surface area (Å²) in [6.45, 7) is 5.82. The monoisotopic (exact) mass is 233 g/mol. The number of rotatable bonds is 3.